The Hall–Kier alpha value is -0.0800. The molecule has 0 aliphatic heterocycles. The van der Waals surface area contributed by atoms with Crippen LogP contribution in [0.25, 0.3) is 0 Å². The van der Waals surface area contributed by atoms with Gasteiger partial charge in [-0.05, 0) is 53.2 Å². The molecule has 0 saturated heterocycles. The highest BCUT2D eigenvalue weighted by atomic mass is 15.2. The molecule has 0 bridgehead atoms. The quantitative estimate of drug-likeness (QED) is 0.681. The lowest BCUT2D eigenvalue weighted by atomic mass is 9.93. The third kappa shape index (κ3) is 4.52. The summed E-state index contributed by atoms with van der Waals surface area (Å²) in [6, 6.07) is 1.62. The zero-order valence-corrected chi connectivity index (χ0v) is 10.8. The molecule has 1 fully saturated rings. The van der Waals surface area contributed by atoms with Crippen molar-refractivity contribution in [2.75, 3.05) is 20.6 Å². The maximum Gasteiger partial charge on any atom is 0.00950 e. The molecule has 2 nitrogen and oxygen atoms in total. The van der Waals surface area contributed by atoms with Gasteiger partial charge in [0.2, 0.25) is 0 Å². The standard InChI is InChI=1S/C13H28N2/c1-12(8-7-11-14-2)15(3)13-9-5-4-6-10-13/h12-14H,4-11H2,1-3H3. The molecule has 1 atom stereocenters. The monoisotopic (exact) mass is 212 g/mol. The largest absolute Gasteiger partial charge is 0.320 e. The summed E-state index contributed by atoms with van der Waals surface area (Å²) < 4.78 is 0. The molecular weight excluding hydrogens is 184 g/mol. The Labute approximate surface area is 95.4 Å². The van der Waals surface area contributed by atoms with Crippen molar-refractivity contribution in [2.24, 2.45) is 0 Å². The van der Waals surface area contributed by atoms with Gasteiger partial charge in [0.25, 0.3) is 0 Å². The third-order valence-electron chi connectivity index (χ3n) is 3.89. The van der Waals surface area contributed by atoms with Crippen LogP contribution in [0.15, 0.2) is 0 Å². The molecule has 2 heteroatoms. The van der Waals surface area contributed by atoms with Crippen LogP contribution >= 0.6 is 0 Å². The first-order valence-corrected chi connectivity index (χ1v) is 6.62. The van der Waals surface area contributed by atoms with E-state index in [0.29, 0.717) is 0 Å². The first-order valence-electron chi connectivity index (χ1n) is 6.62. The predicted octanol–water partition coefficient (Wildman–Crippen LogP) is 2.64. The summed E-state index contributed by atoms with van der Waals surface area (Å²) in [4.78, 5) is 2.62. The zero-order valence-electron chi connectivity index (χ0n) is 10.8. The molecule has 90 valence electrons. The SMILES string of the molecule is CNCCCC(C)N(C)C1CCCCC1. The van der Waals surface area contributed by atoms with Crippen molar-refractivity contribution in [3.05, 3.63) is 0 Å². The molecular formula is C13H28N2. The number of nitrogens with zero attached hydrogens (tertiary/aromatic N) is 1. The highest BCUT2D eigenvalue weighted by Gasteiger charge is 2.21. The summed E-state index contributed by atoms with van der Waals surface area (Å²) in [7, 11) is 4.36. The Bertz CT molecular complexity index is 153. The fourth-order valence-corrected chi connectivity index (χ4v) is 2.63. The van der Waals surface area contributed by atoms with Crippen LogP contribution in [0.3, 0.4) is 0 Å². The Morgan fingerprint density at radius 3 is 2.53 bits per heavy atom. The van der Waals surface area contributed by atoms with Gasteiger partial charge in [-0.25, -0.2) is 0 Å². The maximum absolute atomic E-state index is 3.22. The van der Waals surface area contributed by atoms with Gasteiger partial charge >= 0.3 is 0 Å². The molecule has 0 amide bonds. The van der Waals surface area contributed by atoms with Crippen molar-refractivity contribution < 1.29 is 0 Å². The molecule has 15 heavy (non-hydrogen) atoms. The van der Waals surface area contributed by atoms with Gasteiger partial charge in [-0.1, -0.05) is 19.3 Å². The lowest BCUT2D eigenvalue weighted by molar-refractivity contribution is 0.139. The van der Waals surface area contributed by atoms with Gasteiger partial charge in [0.15, 0.2) is 0 Å². The van der Waals surface area contributed by atoms with E-state index in [9.17, 15) is 0 Å². The molecule has 1 rings (SSSR count). The van der Waals surface area contributed by atoms with E-state index >= 15 is 0 Å². The van der Waals surface area contributed by atoms with Crippen LogP contribution < -0.4 is 5.32 Å². The summed E-state index contributed by atoms with van der Waals surface area (Å²) in [5, 5.41) is 3.22. The summed E-state index contributed by atoms with van der Waals surface area (Å²) in [6.07, 6.45) is 9.82. The van der Waals surface area contributed by atoms with Gasteiger partial charge in [0.1, 0.15) is 0 Å². The third-order valence-corrected chi connectivity index (χ3v) is 3.89. The predicted molar refractivity (Wildman–Crippen MR) is 67.3 cm³/mol. The van der Waals surface area contributed by atoms with E-state index in [4.69, 9.17) is 0 Å². The van der Waals surface area contributed by atoms with E-state index in [-0.39, 0.29) is 0 Å². The Morgan fingerprint density at radius 2 is 1.93 bits per heavy atom. The van der Waals surface area contributed by atoms with Crippen molar-refractivity contribution >= 4 is 0 Å². The van der Waals surface area contributed by atoms with Crippen molar-refractivity contribution in [3.8, 4) is 0 Å². The average Bonchev–Trinajstić information content (AvgIpc) is 2.29. The van der Waals surface area contributed by atoms with Crippen LogP contribution in [0, 0.1) is 0 Å². The van der Waals surface area contributed by atoms with Crippen molar-refractivity contribution in [2.45, 2.75) is 64.0 Å². The van der Waals surface area contributed by atoms with Crippen molar-refractivity contribution in [1.82, 2.24) is 10.2 Å². The van der Waals surface area contributed by atoms with E-state index in [1.165, 1.54) is 44.9 Å². The van der Waals surface area contributed by atoms with Crippen LogP contribution in [0.4, 0.5) is 0 Å². The molecule has 0 spiro atoms. The van der Waals surface area contributed by atoms with Gasteiger partial charge < -0.3 is 10.2 Å². The average molecular weight is 212 g/mol. The normalized spacial score (nSPS) is 20.8. The summed E-state index contributed by atoms with van der Waals surface area (Å²) in [5.41, 5.74) is 0. The van der Waals surface area contributed by atoms with E-state index in [1.807, 2.05) is 7.05 Å². The zero-order chi connectivity index (χ0) is 11.1. The lowest BCUT2D eigenvalue weighted by Crippen LogP contribution is -2.40. The molecule has 1 aliphatic carbocycles. The van der Waals surface area contributed by atoms with Crippen LogP contribution in [0.2, 0.25) is 0 Å². The number of hydrogen-bond acceptors (Lipinski definition) is 2. The number of nitrogens with one attached hydrogen (secondary N) is 1. The fourth-order valence-electron chi connectivity index (χ4n) is 2.63. The second-order valence-corrected chi connectivity index (χ2v) is 5.05. The minimum absolute atomic E-state index is 0.751. The summed E-state index contributed by atoms with van der Waals surface area (Å²) in [6.45, 7) is 3.53. The molecule has 0 radical (unpaired) electrons. The van der Waals surface area contributed by atoms with Crippen LogP contribution in [0.5, 0.6) is 0 Å². The van der Waals surface area contributed by atoms with Gasteiger partial charge in [0.05, 0.1) is 0 Å². The van der Waals surface area contributed by atoms with Gasteiger partial charge in [-0.15, -0.1) is 0 Å². The Morgan fingerprint density at radius 1 is 1.27 bits per heavy atom. The molecule has 0 aromatic heterocycles. The highest BCUT2D eigenvalue weighted by Crippen LogP contribution is 2.23. The second-order valence-electron chi connectivity index (χ2n) is 5.05. The maximum atomic E-state index is 3.22. The minimum atomic E-state index is 0.751. The van der Waals surface area contributed by atoms with Gasteiger partial charge in [0, 0.05) is 12.1 Å². The molecule has 1 saturated carbocycles. The molecule has 1 aliphatic rings. The van der Waals surface area contributed by atoms with Gasteiger partial charge in [-0.2, -0.15) is 0 Å². The second kappa shape index (κ2) is 7.24. The molecule has 0 aromatic rings. The molecule has 0 heterocycles. The van der Waals surface area contributed by atoms with Gasteiger partial charge in [-0.3, -0.25) is 0 Å². The number of hydrogen-bond donors (Lipinski definition) is 1. The fraction of sp³-hybridized carbons (Fsp3) is 1.00. The van der Waals surface area contributed by atoms with Crippen molar-refractivity contribution in [3.63, 3.8) is 0 Å². The van der Waals surface area contributed by atoms with E-state index in [0.717, 1.165) is 18.6 Å². The van der Waals surface area contributed by atoms with E-state index < -0.39 is 0 Å². The minimum Gasteiger partial charge on any atom is -0.320 e. The first kappa shape index (κ1) is 13.0. The van der Waals surface area contributed by atoms with Crippen LogP contribution in [-0.2, 0) is 0 Å². The summed E-state index contributed by atoms with van der Waals surface area (Å²) in [5.74, 6) is 0. The smallest absolute Gasteiger partial charge is 0.00950 e. The van der Waals surface area contributed by atoms with E-state index in [2.05, 4.69) is 24.2 Å². The van der Waals surface area contributed by atoms with Crippen LogP contribution in [0.1, 0.15) is 51.9 Å². The Kier molecular flexibility index (Phi) is 6.26. The van der Waals surface area contributed by atoms with Crippen LogP contribution in [-0.4, -0.2) is 37.6 Å². The van der Waals surface area contributed by atoms with Crippen molar-refractivity contribution in [1.29, 1.82) is 0 Å². The first-order chi connectivity index (χ1) is 7.25. The summed E-state index contributed by atoms with van der Waals surface area (Å²) >= 11 is 0. The lowest BCUT2D eigenvalue weighted by Gasteiger charge is -2.35. The Balaban J connectivity index is 2.21. The highest BCUT2D eigenvalue weighted by molar-refractivity contribution is 4.77. The molecule has 1 unspecified atom stereocenters. The number of rotatable bonds is 6. The topological polar surface area (TPSA) is 15.3 Å². The molecule has 0 aromatic carbocycles. The van der Waals surface area contributed by atoms with E-state index in [1.54, 1.807) is 0 Å². The molecule has 1 N–H and O–H groups in total.